The molecule has 0 aliphatic carbocycles. The first-order valence-corrected chi connectivity index (χ1v) is 7.71. The molecule has 0 bridgehead atoms. The predicted molar refractivity (Wildman–Crippen MR) is 85.9 cm³/mol. The first-order valence-electron chi connectivity index (χ1n) is 6.83. The van der Waals surface area contributed by atoms with Crippen LogP contribution in [0.4, 0.5) is 5.82 Å². The Morgan fingerprint density at radius 2 is 2.14 bits per heavy atom. The van der Waals surface area contributed by atoms with Crippen LogP contribution in [-0.2, 0) is 6.54 Å². The molecule has 2 aromatic heterocycles. The molecule has 5 nitrogen and oxygen atoms in total. The number of amides is 1. The Morgan fingerprint density at radius 1 is 1.38 bits per heavy atom. The molecule has 0 saturated heterocycles. The molecular weight excluding hydrogens is 284 g/mol. The lowest BCUT2D eigenvalue weighted by molar-refractivity contribution is 0.0950. The van der Waals surface area contributed by atoms with E-state index in [1.54, 1.807) is 23.6 Å². The summed E-state index contributed by atoms with van der Waals surface area (Å²) in [5, 5.41) is 5.95. The normalized spacial score (nSPS) is 10.7. The summed E-state index contributed by atoms with van der Waals surface area (Å²) in [6.45, 7) is 4.66. The fourth-order valence-corrected chi connectivity index (χ4v) is 2.56. The second-order valence-electron chi connectivity index (χ2n) is 5.31. The van der Waals surface area contributed by atoms with E-state index in [9.17, 15) is 4.79 Å². The number of thiazole rings is 1. The van der Waals surface area contributed by atoms with Gasteiger partial charge in [0, 0.05) is 31.6 Å². The summed E-state index contributed by atoms with van der Waals surface area (Å²) in [5.41, 5.74) is 1.45. The number of nitrogens with zero attached hydrogens (tertiary/aromatic N) is 3. The molecule has 0 aliphatic rings. The molecule has 0 radical (unpaired) electrons. The van der Waals surface area contributed by atoms with Crippen LogP contribution in [0.3, 0.4) is 0 Å². The summed E-state index contributed by atoms with van der Waals surface area (Å²) >= 11 is 1.63. The van der Waals surface area contributed by atoms with Crippen LogP contribution in [-0.4, -0.2) is 30.0 Å². The third-order valence-corrected chi connectivity index (χ3v) is 4.16. The molecule has 2 heterocycles. The van der Waals surface area contributed by atoms with Crippen molar-refractivity contribution < 1.29 is 4.79 Å². The smallest absolute Gasteiger partial charge is 0.253 e. The SMILES string of the molecule is CC(C)c1nc(CNC(=O)c2ccc(N(C)C)nc2)cs1. The van der Waals surface area contributed by atoms with Crippen LogP contribution in [0, 0.1) is 0 Å². The number of carbonyl (C=O) groups excluding carboxylic acids is 1. The quantitative estimate of drug-likeness (QED) is 0.922. The van der Waals surface area contributed by atoms with Gasteiger partial charge in [0.05, 0.1) is 22.8 Å². The molecule has 0 saturated carbocycles. The fourth-order valence-electron chi connectivity index (χ4n) is 1.73. The minimum atomic E-state index is -0.132. The van der Waals surface area contributed by atoms with Crippen LogP contribution in [0.25, 0.3) is 0 Å². The Hall–Kier alpha value is -1.95. The first-order chi connectivity index (χ1) is 9.97. The Kier molecular flexibility index (Phi) is 4.90. The summed E-state index contributed by atoms with van der Waals surface area (Å²) in [6, 6.07) is 3.60. The maximum atomic E-state index is 12.1. The minimum Gasteiger partial charge on any atom is -0.363 e. The molecule has 0 spiro atoms. The van der Waals surface area contributed by atoms with Crippen LogP contribution < -0.4 is 10.2 Å². The lowest BCUT2D eigenvalue weighted by Crippen LogP contribution is -2.23. The number of carbonyl (C=O) groups is 1. The van der Waals surface area contributed by atoms with Crippen molar-refractivity contribution in [2.24, 2.45) is 0 Å². The average Bonchev–Trinajstić information content (AvgIpc) is 2.94. The van der Waals surface area contributed by atoms with Crippen molar-refractivity contribution in [3.8, 4) is 0 Å². The molecule has 0 unspecified atom stereocenters. The van der Waals surface area contributed by atoms with E-state index in [1.165, 1.54) is 0 Å². The number of pyridine rings is 1. The van der Waals surface area contributed by atoms with Crippen molar-refractivity contribution in [3.63, 3.8) is 0 Å². The van der Waals surface area contributed by atoms with Gasteiger partial charge in [0.2, 0.25) is 0 Å². The van der Waals surface area contributed by atoms with E-state index in [0.29, 0.717) is 18.0 Å². The fraction of sp³-hybridized carbons (Fsp3) is 0.400. The summed E-state index contributed by atoms with van der Waals surface area (Å²) in [6.07, 6.45) is 1.59. The summed E-state index contributed by atoms with van der Waals surface area (Å²) in [7, 11) is 3.83. The molecule has 0 fully saturated rings. The average molecular weight is 304 g/mol. The van der Waals surface area contributed by atoms with E-state index in [-0.39, 0.29) is 5.91 Å². The number of nitrogens with one attached hydrogen (secondary N) is 1. The van der Waals surface area contributed by atoms with Crippen molar-refractivity contribution in [2.45, 2.75) is 26.3 Å². The molecular formula is C15H20N4OS. The molecule has 2 aromatic rings. The molecule has 0 atom stereocenters. The van der Waals surface area contributed by atoms with Gasteiger partial charge in [0.15, 0.2) is 0 Å². The van der Waals surface area contributed by atoms with Gasteiger partial charge in [-0.1, -0.05) is 13.8 Å². The van der Waals surface area contributed by atoms with Crippen LogP contribution >= 0.6 is 11.3 Å². The predicted octanol–water partition coefficient (Wildman–Crippen LogP) is 2.66. The van der Waals surface area contributed by atoms with Crippen LogP contribution in [0.1, 0.15) is 40.8 Å². The van der Waals surface area contributed by atoms with E-state index in [1.807, 2.05) is 30.4 Å². The lowest BCUT2D eigenvalue weighted by Gasteiger charge is -2.11. The second-order valence-corrected chi connectivity index (χ2v) is 6.20. The topological polar surface area (TPSA) is 58.1 Å². The Balaban J connectivity index is 1.94. The highest BCUT2D eigenvalue weighted by Crippen LogP contribution is 2.19. The van der Waals surface area contributed by atoms with E-state index in [0.717, 1.165) is 16.5 Å². The highest BCUT2D eigenvalue weighted by atomic mass is 32.1. The monoisotopic (exact) mass is 304 g/mol. The van der Waals surface area contributed by atoms with Crippen molar-refractivity contribution in [1.29, 1.82) is 0 Å². The first kappa shape index (κ1) is 15.4. The summed E-state index contributed by atoms with van der Waals surface area (Å²) in [4.78, 5) is 22.7. The number of rotatable bonds is 5. The molecule has 112 valence electrons. The van der Waals surface area contributed by atoms with Crippen molar-refractivity contribution in [2.75, 3.05) is 19.0 Å². The van der Waals surface area contributed by atoms with Gasteiger partial charge in [0.25, 0.3) is 5.91 Å². The zero-order valence-electron chi connectivity index (χ0n) is 12.8. The van der Waals surface area contributed by atoms with Crippen molar-refractivity contribution >= 4 is 23.1 Å². The van der Waals surface area contributed by atoms with Crippen LogP contribution in [0.2, 0.25) is 0 Å². The Morgan fingerprint density at radius 3 is 2.67 bits per heavy atom. The Labute approximate surface area is 129 Å². The molecule has 2 rings (SSSR count). The molecule has 6 heteroatoms. The molecule has 0 aromatic carbocycles. The van der Waals surface area contributed by atoms with Gasteiger partial charge < -0.3 is 10.2 Å². The van der Waals surface area contributed by atoms with E-state index < -0.39 is 0 Å². The largest absolute Gasteiger partial charge is 0.363 e. The van der Waals surface area contributed by atoms with Gasteiger partial charge >= 0.3 is 0 Å². The Bertz CT molecular complexity index is 604. The zero-order chi connectivity index (χ0) is 15.4. The van der Waals surface area contributed by atoms with Gasteiger partial charge in [0.1, 0.15) is 5.82 Å². The third-order valence-electron chi connectivity index (χ3n) is 2.96. The molecule has 1 N–H and O–H groups in total. The van der Waals surface area contributed by atoms with Gasteiger partial charge in [-0.15, -0.1) is 11.3 Å². The molecule has 21 heavy (non-hydrogen) atoms. The number of hydrogen-bond acceptors (Lipinski definition) is 5. The van der Waals surface area contributed by atoms with Crippen molar-refractivity contribution in [1.82, 2.24) is 15.3 Å². The van der Waals surface area contributed by atoms with E-state index in [4.69, 9.17) is 0 Å². The van der Waals surface area contributed by atoms with Crippen molar-refractivity contribution in [3.05, 3.63) is 40.0 Å². The highest BCUT2D eigenvalue weighted by molar-refractivity contribution is 7.09. The number of anilines is 1. The minimum absolute atomic E-state index is 0.132. The maximum absolute atomic E-state index is 12.1. The number of hydrogen-bond donors (Lipinski definition) is 1. The summed E-state index contributed by atoms with van der Waals surface area (Å²) in [5.74, 6) is 1.11. The van der Waals surface area contributed by atoms with E-state index in [2.05, 4.69) is 29.1 Å². The van der Waals surface area contributed by atoms with Gasteiger partial charge in [-0.2, -0.15) is 0 Å². The number of aromatic nitrogens is 2. The lowest BCUT2D eigenvalue weighted by atomic mass is 10.2. The standard InChI is InChI=1S/C15H20N4OS/c1-10(2)15-18-12(9-21-15)8-17-14(20)11-5-6-13(16-7-11)19(3)4/h5-7,9-10H,8H2,1-4H3,(H,17,20). The molecule has 1 amide bonds. The third kappa shape index (κ3) is 4.01. The van der Waals surface area contributed by atoms with Crippen LogP contribution in [0.5, 0.6) is 0 Å². The molecule has 0 aliphatic heterocycles. The van der Waals surface area contributed by atoms with Crippen LogP contribution in [0.15, 0.2) is 23.7 Å². The van der Waals surface area contributed by atoms with E-state index >= 15 is 0 Å². The zero-order valence-corrected chi connectivity index (χ0v) is 13.6. The van der Waals surface area contributed by atoms with Gasteiger partial charge in [-0.3, -0.25) is 4.79 Å². The highest BCUT2D eigenvalue weighted by Gasteiger charge is 2.09. The second kappa shape index (κ2) is 6.67. The summed E-state index contributed by atoms with van der Waals surface area (Å²) < 4.78 is 0. The maximum Gasteiger partial charge on any atom is 0.253 e. The van der Waals surface area contributed by atoms with Gasteiger partial charge in [-0.05, 0) is 12.1 Å². The van der Waals surface area contributed by atoms with Gasteiger partial charge in [-0.25, -0.2) is 9.97 Å².